The molecule has 0 aliphatic rings. The number of rotatable bonds is 4. The van der Waals surface area contributed by atoms with Crippen LogP contribution in [0.15, 0.2) is 53.4 Å². The van der Waals surface area contributed by atoms with Gasteiger partial charge in [-0.25, -0.2) is 0 Å². The zero-order valence-electron chi connectivity index (χ0n) is 9.63. The fourth-order valence-corrected chi connectivity index (χ4v) is 1.92. The molecule has 0 fully saturated rings. The summed E-state index contributed by atoms with van der Waals surface area (Å²) in [6.45, 7) is -0.114. The minimum absolute atomic E-state index is 0.114. The van der Waals surface area contributed by atoms with Gasteiger partial charge < -0.3 is 10.4 Å². The van der Waals surface area contributed by atoms with Crippen molar-refractivity contribution in [1.82, 2.24) is 0 Å². The summed E-state index contributed by atoms with van der Waals surface area (Å²) in [4.78, 5) is 11.4. The van der Waals surface area contributed by atoms with E-state index in [1.807, 2.05) is 48.5 Å². The Labute approximate surface area is 111 Å². The Hall–Kier alpha value is -1.94. The molecule has 0 unspecified atom stereocenters. The van der Waals surface area contributed by atoms with Crippen LogP contribution in [0.4, 0.5) is 5.69 Å². The molecule has 0 amide bonds. The van der Waals surface area contributed by atoms with E-state index in [-0.39, 0.29) is 6.54 Å². The van der Waals surface area contributed by atoms with E-state index in [9.17, 15) is 4.79 Å². The summed E-state index contributed by atoms with van der Waals surface area (Å²) in [7, 11) is 0. The van der Waals surface area contributed by atoms with Crippen molar-refractivity contribution >= 4 is 24.3 Å². The molecular formula is C14H13NO2S. The van der Waals surface area contributed by atoms with Crippen molar-refractivity contribution in [3.63, 3.8) is 0 Å². The summed E-state index contributed by atoms with van der Waals surface area (Å²) in [6, 6.07) is 15.5. The molecule has 0 aromatic heterocycles. The maximum atomic E-state index is 10.6. The van der Waals surface area contributed by atoms with Gasteiger partial charge in [-0.05, 0) is 17.7 Å². The summed E-state index contributed by atoms with van der Waals surface area (Å²) in [5, 5.41) is 11.6. The maximum absolute atomic E-state index is 10.6. The molecule has 0 bridgehead atoms. The predicted molar refractivity (Wildman–Crippen MR) is 75.3 cm³/mol. The first-order valence-electron chi connectivity index (χ1n) is 5.51. The second-order valence-electron chi connectivity index (χ2n) is 3.84. The Bertz CT molecular complexity index is 555. The lowest BCUT2D eigenvalue weighted by Crippen LogP contribution is -2.12. The molecule has 0 saturated carbocycles. The van der Waals surface area contributed by atoms with E-state index in [2.05, 4.69) is 17.9 Å². The van der Waals surface area contributed by atoms with Gasteiger partial charge in [0.05, 0.1) is 0 Å². The number of benzene rings is 2. The zero-order chi connectivity index (χ0) is 13.0. The topological polar surface area (TPSA) is 49.3 Å². The van der Waals surface area contributed by atoms with E-state index in [4.69, 9.17) is 5.11 Å². The standard InChI is InChI=1S/C14H13NO2S/c16-14(17)9-15-13-8-11(18)6-7-12(13)10-4-2-1-3-5-10/h1-8,15,18H,9H2,(H,16,17). The quantitative estimate of drug-likeness (QED) is 0.739. The molecule has 2 aromatic carbocycles. The molecule has 2 aromatic rings. The molecule has 0 aliphatic carbocycles. The van der Waals surface area contributed by atoms with Crippen LogP contribution in [0.25, 0.3) is 11.1 Å². The molecule has 0 heterocycles. The molecular weight excluding hydrogens is 246 g/mol. The maximum Gasteiger partial charge on any atom is 0.322 e. The van der Waals surface area contributed by atoms with Crippen molar-refractivity contribution < 1.29 is 9.90 Å². The highest BCUT2D eigenvalue weighted by molar-refractivity contribution is 7.80. The summed E-state index contributed by atoms with van der Waals surface area (Å²) >= 11 is 4.27. The van der Waals surface area contributed by atoms with Gasteiger partial charge in [-0.15, -0.1) is 12.6 Å². The van der Waals surface area contributed by atoms with Gasteiger partial charge in [0.25, 0.3) is 0 Å². The first kappa shape index (κ1) is 12.5. The Balaban J connectivity index is 2.37. The van der Waals surface area contributed by atoms with Gasteiger partial charge in [0, 0.05) is 16.1 Å². The van der Waals surface area contributed by atoms with Crippen molar-refractivity contribution in [3.8, 4) is 11.1 Å². The molecule has 4 heteroatoms. The number of thiol groups is 1. The highest BCUT2D eigenvalue weighted by Gasteiger charge is 2.06. The highest BCUT2D eigenvalue weighted by atomic mass is 32.1. The normalized spacial score (nSPS) is 10.1. The number of carboxylic acid groups (broad SMARTS) is 1. The lowest BCUT2D eigenvalue weighted by molar-refractivity contribution is -0.134. The van der Waals surface area contributed by atoms with Crippen LogP contribution < -0.4 is 5.32 Å². The fourth-order valence-electron chi connectivity index (χ4n) is 1.72. The molecule has 2 N–H and O–H groups in total. The fraction of sp³-hybridized carbons (Fsp3) is 0.0714. The molecule has 92 valence electrons. The summed E-state index contributed by atoms with van der Waals surface area (Å²) in [5.41, 5.74) is 2.78. The van der Waals surface area contributed by atoms with E-state index in [0.29, 0.717) is 0 Å². The van der Waals surface area contributed by atoms with Gasteiger partial charge in [-0.1, -0.05) is 36.4 Å². The second kappa shape index (κ2) is 5.60. The summed E-state index contributed by atoms with van der Waals surface area (Å²) in [5.74, 6) is -0.890. The third kappa shape index (κ3) is 3.05. The van der Waals surface area contributed by atoms with Gasteiger partial charge in [-0.3, -0.25) is 4.79 Å². The van der Waals surface area contributed by atoms with Crippen LogP contribution in [0.1, 0.15) is 0 Å². The number of hydrogen-bond donors (Lipinski definition) is 3. The van der Waals surface area contributed by atoms with E-state index < -0.39 is 5.97 Å². The lowest BCUT2D eigenvalue weighted by Gasteiger charge is -2.11. The number of anilines is 1. The number of nitrogens with one attached hydrogen (secondary N) is 1. The predicted octanol–water partition coefficient (Wildman–Crippen LogP) is 3.14. The largest absolute Gasteiger partial charge is 0.480 e. The van der Waals surface area contributed by atoms with E-state index in [1.54, 1.807) is 0 Å². The molecule has 0 atom stereocenters. The molecule has 2 rings (SSSR count). The third-order valence-electron chi connectivity index (χ3n) is 2.52. The van der Waals surface area contributed by atoms with Crippen LogP contribution in [0.3, 0.4) is 0 Å². The monoisotopic (exact) mass is 259 g/mol. The van der Waals surface area contributed by atoms with Crippen molar-refractivity contribution in [1.29, 1.82) is 0 Å². The van der Waals surface area contributed by atoms with Crippen LogP contribution >= 0.6 is 12.6 Å². The molecule has 0 aliphatic heterocycles. The minimum atomic E-state index is -0.890. The number of carboxylic acids is 1. The third-order valence-corrected chi connectivity index (χ3v) is 2.80. The first-order valence-corrected chi connectivity index (χ1v) is 5.95. The van der Waals surface area contributed by atoms with Crippen molar-refractivity contribution in [2.45, 2.75) is 4.90 Å². The van der Waals surface area contributed by atoms with E-state index in [1.165, 1.54) is 0 Å². The van der Waals surface area contributed by atoms with Crippen molar-refractivity contribution in [3.05, 3.63) is 48.5 Å². The molecule has 0 radical (unpaired) electrons. The van der Waals surface area contributed by atoms with Crippen molar-refractivity contribution in [2.75, 3.05) is 11.9 Å². The van der Waals surface area contributed by atoms with Crippen LogP contribution in [0.2, 0.25) is 0 Å². The molecule has 18 heavy (non-hydrogen) atoms. The van der Waals surface area contributed by atoms with E-state index in [0.717, 1.165) is 21.7 Å². The Morgan fingerprint density at radius 3 is 2.56 bits per heavy atom. The van der Waals surface area contributed by atoms with Crippen molar-refractivity contribution in [2.24, 2.45) is 0 Å². The summed E-state index contributed by atoms with van der Waals surface area (Å²) < 4.78 is 0. The van der Waals surface area contributed by atoms with Crippen LogP contribution in [0, 0.1) is 0 Å². The number of aliphatic carboxylic acids is 1. The van der Waals surface area contributed by atoms with Crippen LogP contribution in [0.5, 0.6) is 0 Å². The summed E-state index contributed by atoms with van der Waals surface area (Å²) in [6.07, 6.45) is 0. The van der Waals surface area contributed by atoms with Gasteiger partial charge in [-0.2, -0.15) is 0 Å². The highest BCUT2D eigenvalue weighted by Crippen LogP contribution is 2.29. The average Bonchev–Trinajstić information content (AvgIpc) is 2.37. The van der Waals surface area contributed by atoms with Gasteiger partial charge in [0.1, 0.15) is 6.54 Å². The van der Waals surface area contributed by atoms with Gasteiger partial charge >= 0.3 is 5.97 Å². The Morgan fingerprint density at radius 1 is 1.17 bits per heavy atom. The minimum Gasteiger partial charge on any atom is -0.480 e. The number of hydrogen-bond acceptors (Lipinski definition) is 3. The molecule has 0 spiro atoms. The zero-order valence-corrected chi connectivity index (χ0v) is 10.5. The van der Waals surface area contributed by atoms with Gasteiger partial charge in [0.2, 0.25) is 0 Å². The molecule has 3 nitrogen and oxygen atoms in total. The smallest absolute Gasteiger partial charge is 0.322 e. The Kier molecular flexibility index (Phi) is 3.89. The second-order valence-corrected chi connectivity index (χ2v) is 4.36. The van der Waals surface area contributed by atoms with Crippen LogP contribution in [-0.2, 0) is 4.79 Å². The lowest BCUT2D eigenvalue weighted by atomic mass is 10.0. The molecule has 0 saturated heterocycles. The average molecular weight is 259 g/mol. The Morgan fingerprint density at radius 2 is 1.89 bits per heavy atom. The SMILES string of the molecule is O=C(O)CNc1cc(S)ccc1-c1ccccc1. The van der Waals surface area contributed by atoms with Crippen LogP contribution in [-0.4, -0.2) is 17.6 Å². The van der Waals surface area contributed by atoms with E-state index >= 15 is 0 Å². The first-order chi connectivity index (χ1) is 8.66. The van der Waals surface area contributed by atoms with Gasteiger partial charge in [0.15, 0.2) is 0 Å². The number of carbonyl (C=O) groups is 1.